The number of benzene rings is 2. The highest BCUT2D eigenvalue weighted by Crippen LogP contribution is 2.36. The summed E-state index contributed by atoms with van der Waals surface area (Å²) >= 11 is 5.92. The van der Waals surface area contributed by atoms with Crippen molar-refractivity contribution in [3.8, 4) is 5.75 Å². The average Bonchev–Trinajstić information content (AvgIpc) is 3.21. The number of para-hydroxylation sites is 1. The number of nitrogens with one attached hydrogen (secondary N) is 1. The summed E-state index contributed by atoms with van der Waals surface area (Å²) in [5.74, 6) is 0.763. The van der Waals surface area contributed by atoms with Gasteiger partial charge in [-0.3, -0.25) is 4.79 Å². The number of amides is 1. The summed E-state index contributed by atoms with van der Waals surface area (Å²) in [6, 6.07) is 17.0. The zero-order valence-electron chi connectivity index (χ0n) is 16.4. The first-order valence-electron chi connectivity index (χ1n) is 10.3. The SMILES string of the molecule is O=C(N1CC[C@@H](Oc2ccc(Cl)cc2)[C@H](O)C1)C1(Nc2ccccc2)CCCC1. The van der Waals surface area contributed by atoms with Gasteiger partial charge in [0.05, 0.1) is 6.54 Å². The molecule has 0 spiro atoms. The Kier molecular flexibility index (Phi) is 5.97. The number of hydrogen-bond acceptors (Lipinski definition) is 4. The van der Waals surface area contributed by atoms with Crippen molar-refractivity contribution in [3.05, 3.63) is 59.6 Å². The molecule has 1 aliphatic carbocycles. The van der Waals surface area contributed by atoms with E-state index in [1.54, 1.807) is 29.2 Å². The number of halogens is 1. The fourth-order valence-corrected chi connectivity index (χ4v) is 4.52. The number of piperidine rings is 1. The number of likely N-dealkylation sites (tertiary alicyclic amines) is 1. The van der Waals surface area contributed by atoms with E-state index in [0.717, 1.165) is 31.4 Å². The Hall–Kier alpha value is -2.24. The highest BCUT2D eigenvalue weighted by atomic mass is 35.5. The number of rotatable bonds is 5. The smallest absolute Gasteiger partial charge is 0.248 e. The third-order valence-electron chi connectivity index (χ3n) is 5.93. The molecule has 154 valence electrons. The molecule has 6 heteroatoms. The molecule has 4 rings (SSSR count). The number of hydrogen-bond donors (Lipinski definition) is 2. The van der Waals surface area contributed by atoms with Crippen molar-refractivity contribution in [3.63, 3.8) is 0 Å². The first-order valence-corrected chi connectivity index (χ1v) is 10.7. The monoisotopic (exact) mass is 414 g/mol. The predicted octanol–water partition coefficient (Wildman–Crippen LogP) is 4.11. The van der Waals surface area contributed by atoms with Gasteiger partial charge in [-0.1, -0.05) is 42.6 Å². The van der Waals surface area contributed by atoms with Crippen molar-refractivity contribution >= 4 is 23.2 Å². The summed E-state index contributed by atoms with van der Waals surface area (Å²) in [7, 11) is 0. The van der Waals surface area contributed by atoms with Gasteiger partial charge in [-0.25, -0.2) is 0 Å². The Morgan fingerprint density at radius 3 is 2.45 bits per heavy atom. The van der Waals surface area contributed by atoms with Crippen LogP contribution in [0.2, 0.25) is 5.02 Å². The van der Waals surface area contributed by atoms with E-state index >= 15 is 0 Å². The van der Waals surface area contributed by atoms with Crippen LogP contribution in [0, 0.1) is 0 Å². The van der Waals surface area contributed by atoms with Crippen molar-refractivity contribution in [2.45, 2.75) is 49.9 Å². The Morgan fingerprint density at radius 1 is 1.10 bits per heavy atom. The van der Waals surface area contributed by atoms with Gasteiger partial charge < -0.3 is 20.1 Å². The van der Waals surface area contributed by atoms with E-state index < -0.39 is 11.6 Å². The highest BCUT2D eigenvalue weighted by Gasteiger charge is 2.45. The third-order valence-corrected chi connectivity index (χ3v) is 6.18. The Bertz CT molecular complexity index is 822. The van der Waals surface area contributed by atoms with Gasteiger partial charge in [-0.15, -0.1) is 0 Å². The molecular weight excluding hydrogens is 388 g/mol. The van der Waals surface area contributed by atoms with E-state index in [1.165, 1.54) is 0 Å². The second kappa shape index (κ2) is 8.64. The van der Waals surface area contributed by atoms with Crippen LogP contribution in [0.4, 0.5) is 5.69 Å². The van der Waals surface area contributed by atoms with Crippen LogP contribution < -0.4 is 10.1 Å². The van der Waals surface area contributed by atoms with E-state index in [2.05, 4.69) is 5.32 Å². The Labute approximate surface area is 176 Å². The third kappa shape index (κ3) is 4.51. The number of aliphatic hydroxyl groups is 1. The minimum Gasteiger partial charge on any atom is -0.488 e. The first-order chi connectivity index (χ1) is 14.1. The molecule has 2 atom stereocenters. The van der Waals surface area contributed by atoms with E-state index in [9.17, 15) is 9.90 Å². The second-order valence-corrected chi connectivity index (χ2v) is 8.43. The number of anilines is 1. The Morgan fingerprint density at radius 2 is 1.79 bits per heavy atom. The number of carbonyl (C=O) groups is 1. The second-order valence-electron chi connectivity index (χ2n) is 8.00. The molecule has 1 heterocycles. The summed E-state index contributed by atoms with van der Waals surface area (Å²) in [5, 5.41) is 14.8. The standard InChI is InChI=1S/C23H27ClN2O3/c24-17-8-10-19(11-9-17)29-21-12-15-26(16-20(21)27)22(28)23(13-4-5-14-23)25-18-6-2-1-3-7-18/h1-3,6-11,20-21,25,27H,4-5,12-16H2/t20-,21-/m1/s1. The fraction of sp³-hybridized carbons (Fsp3) is 0.435. The molecular formula is C23H27ClN2O3. The van der Waals surface area contributed by atoms with Gasteiger partial charge in [-0.2, -0.15) is 0 Å². The highest BCUT2D eigenvalue weighted by molar-refractivity contribution is 6.30. The van der Waals surface area contributed by atoms with Gasteiger partial charge in [0, 0.05) is 23.7 Å². The molecule has 0 unspecified atom stereocenters. The first kappa shape index (κ1) is 20.0. The topological polar surface area (TPSA) is 61.8 Å². The lowest BCUT2D eigenvalue weighted by molar-refractivity contribution is -0.141. The number of nitrogens with zero attached hydrogens (tertiary/aromatic N) is 1. The molecule has 1 saturated heterocycles. The van der Waals surface area contributed by atoms with Gasteiger partial charge in [0.1, 0.15) is 23.5 Å². The summed E-state index contributed by atoms with van der Waals surface area (Å²) in [4.78, 5) is 15.3. The van der Waals surface area contributed by atoms with Crippen LogP contribution in [0.15, 0.2) is 54.6 Å². The summed E-state index contributed by atoms with van der Waals surface area (Å²) < 4.78 is 5.93. The van der Waals surface area contributed by atoms with E-state index in [1.807, 2.05) is 30.3 Å². The van der Waals surface area contributed by atoms with Crippen LogP contribution in [-0.4, -0.2) is 46.7 Å². The van der Waals surface area contributed by atoms with Crippen molar-refractivity contribution in [2.75, 3.05) is 18.4 Å². The maximum absolute atomic E-state index is 13.5. The largest absolute Gasteiger partial charge is 0.488 e. The van der Waals surface area contributed by atoms with Crippen LogP contribution in [0.25, 0.3) is 0 Å². The lowest BCUT2D eigenvalue weighted by Crippen LogP contribution is -2.58. The summed E-state index contributed by atoms with van der Waals surface area (Å²) in [6.07, 6.45) is 3.24. The van der Waals surface area contributed by atoms with Crippen LogP contribution in [0.5, 0.6) is 5.75 Å². The molecule has 5 nitrogen and oxygen atoms in total. The minimum atomic E-state index is -0.724. The van der Waals surface area contributed by atoms with Crippen molar-refractivity contribution in [1.29, 1.82) is 0 Å². The van der Waals surface area contributed by atoms with Gasteiger partial charge in [0.15, 0.2) is 0 Å². The molecule has 2 fully saturated rings. The molecule has 2 aromatic carbocycles. The minimum absolute atomic E-state index is 0.0860. The molecule has 2 N–H and O–H groups in total. The number of aliphatic hydroxyl groups excluding tert-OH is 1. The summed E-state index contributed by atoms with van der Waals surface area (Å²) in [5.41, 5.74) is 0.384. The van der Waals surface area contributed by atoms with E-state index in [0.29, 0.717) is 23.7 Å². The van der Waals surface area contributed by atoms with Crippen molar-refractivity contribution in [1.82, 2.24) is 4.90 Å². The normalized spacial score (nSPS) is 23.6. The maximum Gasteiger partial charge on any atom is 0.248 e. The van der Waals surface area contributed by atoms with Crippen molar-refractivity contribution < 1.29 is 14.6 Å². The lowest BCUT2D eigenvalue weighted by atomic mass is 9.92. The molecule has 1 saturated carbocycles. The molecule has 1 aliphatic heterocycles. The van der Waals surface area contributed by atoms with Gasteiger partial charge >= 0.3 is 0 Å². The van der Waals surface area contributed by atoms with Gasteiger partial charge in [-0.05, 0) is 49.2 Å². The quantitative estimate of drug-likeness (QED) is 0.773. The Balaban J connectivity index is 1.42. The zero-order valence-corrected chi connectivity index (χ0v) is 17.1. The molecule has 2 aromatic rings. The van der Waals surface area contributed by atoms with Crippen molar-refractivity contribution in [2.24, 2.45) is 0 Å². The van der Waals surface area contributed by atoms with Crippen LogP contribution in [0.3, 0.4) is 0 Å². The average molecular weight is 415 g/mol. The maximum atomic E-state index is 13.5. The van der Waals surface area contributed by atoms with E-state index in [-0.39, 0.29) is 18.6 Å². The van der Waals surface area contributed by atoms with Crippen LogP contribution in [-0.2, 0) is 4.79 Å². The fourth-order valence-electron chi connectivity index (χ4n) is 4.39. The predicted molar refractivity (Wildman–Crippen MR) is 114 cm³/mol. The van der Waals surface area contributed by atoms with Crippen LogP contribution >= 0.6 is 11.6 Å². The molecule has 0 aromatic heterocycles. The molecule has 0 radical (unpaired) electrons. The van der Waals surface area contributed by atoms with E-state index in [4.69, 9.17) is 16.3 Å². The molecule has 0 bridgehead atoms. The molecule has 1 amide bonds. The number of ether oxygens (including phenoxy) is 1. The molecule has 29 heavy (non-hydrogen) atoms. The van der Waals surface area contributed by atoms with Gasteiger partial charge in [0.25, 0.3) is 0 Å². The van der Waals surface area contributed by atoms with Crippen LogP contribution in [0.1, 0.15) is 32.1 Å². The molecule has 2 aliphatic rings. The lowest BCUT2D eigenvalue weighted by Gasteiger charge is -2.41. The number of carbonyl (C=O) groups excluding carboxylic acids is 1. The zero-order chi connectivity index (χ0) is 20.3. The number of β-amino-alcohol motifs (C(OH)–C–C–N with tert-alkyl or cyclic N) is 1. The van der Waals surface area contributed by atoms with Gasteiger partial charge in [0.2, 0.25) is 5.91 Å². The summed E-state index contributed by atoms with van der Waals surface area (Å²) in [6.45, 7) is 0.863.